The lowest BCUT2D eigenvalue weighted by atomic mass is 10.1. The molecule has 0 radical (unpaired) electrons. The normalized spacial score (nSPS) is 14.2. The lowest BCUT2D eigenvalue weighted by Gasteiger charge is -2.20. The van der Waals surface area contributed by atoms with Crippen LogP contribution >= 0.6 is 11.8 Å². The highest BCUT2D eigenvalue weighted by molar-refractivity contribution is 8.13. The molecule has 2 aromatic rings. The summed E-state index contributed by atoms with van der Waals surface area (Å²) in [4.78, 5) is 15.9. The summed E-state index contributed by atoms with van der Waals surface area (Å²) < 4.78 is 2.09. The van der Waals surface area contributed by atoms with E-state index in [1.807, 2.05) is 27.0 Å². The van der Waals surface area contributed by atoms with E-state index in [1.165, 1.54) is 17.3 Å². The number of aryl methyl sites for hydroxylation is 3. The Morgan fingerprint density at radius 1 is 1.32 bits per heavy atom. The number of hydrogen-bond acceptors (Lipinski definition) is 3. The van der Waals surface area contributed by atoms with Crippen molar-refractivity contribution in [3.63, 3.8) is 0 Å². The molecule has 0 fully saturated rings. The second kappa shape index (κ2) is 4.42. The van der Waals surface area contributed by atoms with Crippen LogP contribution in [0.1, 0.15) is 22.6 Å². The average Bonchev–Trinajstić information content (AvgIpc) is 2.69. The Labute approximate surface area is 116 Å². The Morgan fingerprint density at radius 2 is 2.11 bits per heavy atom. The highest BCUT2D eigenvalue weighted by Crippen LogP contribution is 2.33. The highest BCUT2D eigenvalue weighted by atomic mass is 32.2. The van der Waals surface area contributed by atoms with Crippen LogP contribution in [0, 0.1) is 20.8 Å². The summed E-state index contributed by atoms with van der Waals surface area (Å²) in [6.45, 7) is 6.01. The molecule has 1 aromatic carbocycles. The highest BCUT2D eigenvalue weighted by Gasteiger charge is 2.18. The molecule has 19 heavy (non-hydrogen) atoms. The van der Waals surface area contributed by atoms with E-state index in [2.05, 4.69) is 27.0 Å². The molecule has 0 unspecified atom stereocenters. The molecule has 0 spiro atoms. The standard InChI is InChI=1S/C14H15N3OS/c1-8-4-12(17-6-9(2)15-10(17)3)5-11-7-19-14(18)16-13(8)11/h4-6H,7H2,1-3H3,(H,16,18). The number of amides is 1. The summed E-state index contributed by atoms with van der Waals surface area (Å²) in [6, 6.07) is 4.21. The molecule has 1 amide bonds. The first-order chi connectivity index (χ1) is 9.04. The Hall–Kier alpha value is -1.75. The molecule has 1 aromatic heterocycles. The molecule has 0 saturated heterocycles. The fraction of sp³-hybridized carbons (Fsp3) is 0.286. The predicted octanol–water partition coefficient (Wildman–Crippen LogP) is 3.58. The van der Waals surface area contributed by atoms with Crippen molar-refractivity contribution in [2.75, 3.05) is 5.32 Å². The second-order valence-corrected chi connectivity index (χ2v) is 5.75. The van der Waals surface area contributed by atoms with Crippen molar-refractivity contribution in [2.45, 2.75) is 26.5 Å². The first kappa shape index (κ1) is 12.3. The summed E-state index contributed by atoms with van der Waals surface area (Å²) >= 11 is 1.31. The van der Waals surface area contributed by atoms with Gasteiger partial charge in [-0.05, 0) is 44.0 Å². The number of benzene rings is 1. The fourth-order valence-electron chi connectivity index (χ4n) is 2.43. The fourth-order valence-corrected chi connectivity index (χ4v) is 3.12. The van der Waals surface area contributed by atoms with E-state index in [4.69, 9.17) is 0 Å². The Bertz CT molecular complexity index is 676. The number of imidazole rings is 1. The molecule has 4 nitrogen and oxygen atoms in total. The Morgan fingerprint density at radius 3 is 2.79 bits per heavy atom. The van der Waals surface area contributed by atoms with E-state index in [-0.39, 0.29) is 5.24 Å². The van der Waals surface area contributed by atoms with E-state index in [0.29, 0.717) is 0 Å². The maximum absolute atomic E-state index is 11.4. The molecule has 98 valence electrons. The van der Waals surface area contributed by atoms with Gasteiger partial charge in [0.15, 0.2) is 0 Å². The van der Waals surface area contributed by atoms with Gasteiger partial charge in [-0.2, -0.15) is 0 Å². The van der Waals surface area contributed by atoms with Crippen molar-refractivity contribution in [1.82, 2.24) is 9.55 Å². The predicted molar refractivity (Wildman–Crippen MR) is 78.1 cm³/mol. The number of fused-ring (bicyclic) bond motifs is 1. The molecule has 0 atom stereocenters. The first-order valence-corrected chi connectivity index (χ1v) is 7.13. The van der Waals surface area contributed by atoms with Gasteiger partial charge in [-0.25, -0.2) is 4.98 Å². The number of aromatic nitrogens is 2. The van der Waals surface area contributed by atoms with Gasteiger partial charge in [-0.15, -0.1) is 0 Å². The third-order valence-corrected chi connectivity index (χ3v) is 4.09. The third kappa shape index (κ3) is 2.14. The molecule has 1 aliphatic rings. The SMILES string of the molecule is Cc1cn(-c2cc(C)c3c(c2)CSC(=O)N3)c(C)n1. The van der Waals surface area contributed by atoms with Crippen LogP contribution in [0.4, 0.5) is 10.5 Å². The van der Waals surface area contributed by atoms with Crippen molar-refractivity contribution in [3.8, 4) is 5.69 Å². The molecule has 1 aliphatic heterocycles. The van der Waals surface area contributed by atoms with E-state index in [0.717, 1.165) is 34.2 Å². The quantitative estimate of drug-likeness (QED) is 0.864. The van der Waals surface area contributed by atoms with Crippen LogP contribution in [0.2, 0.25) is 0 Å². The monoisotopic (exact) mass is 273 g/mol. The summed E-state index contributed by atoms with van der Waals surface area (Å²) in [5.41, 5.74) is 5.33. The maximum atomic E-state index is 11.4. The number of carbonyl (C=O) groups excluding carboxylic acids is 1. The molecule has 2 heterocycles. The van der Waals surface area contributed by atoms with Gasteiger partial charge in [0.2, 0.25) is 0 Å². The van der Waals surface area contributed by atoms with Crippen LogP contribution < -0.4 is 5.32 Å². The minimum Gasteiger partial charge on any atom is -0.316 e. The number of anilines is 1. The van der Waals surface area contributed by atoms with Crippen LogP contribution in [0.25, 0.3) is 5.69 Å². The number of thioether (sulfide) groups is 1. The van der Waals surface area contributed by atoms with Gasteiger partial charge < -0.3 is 9.88 Å². The van der Waals surface area contributed by atoms with Crippen molar-refractivity contribution in [3.05, 3.63) is 41.0 Å². The first-order valence-electron chi connectivity index (χ1n) is 6.15. The summed E-state index contributed by atoms with van der Waals surface area (Å²) in [5, 5.41) is 2.95. The van der Waals surface area contributed by atoms with Gasteiger partial charge in [-0.1, -0.05) is 11.8 Å². The lowest BCUT2D eigenvalue weighted by molar-refractivity contribution is 0.269. The van der Waals surface area contributed by atoms with Gasteiger partial charge in [-0.3, -0.25) is 4.79 Å². The number of carbonyl (C=O) groups is 1. The molecular formula is C14H15N3OS. The molecule has 3 rings (SSSR count). The van der Waals surface area contributed by atoms with E-state index in [9.17, 15) is 4.79 Å². The molecule has 0 bridgehead atoms. The van der Waals surface area contributed by atoms with Crippen molar-refractivity contribution in [2.24, 2.45) is 0 Å². The largest absolute Gasteiger partial charge is 0.316 e. The van der Waals surface area contributed by atoms with Crippen LogP contribution in [0.5, 0.6) is 0 Å². The van der Waals surface area contributed by atoms with E-state index in [1.54, 1.807) is 0 Å². The zero-order valence-corrected chi connectivity index (χ0v) is 12.0. The second-order valence-electron chi connectivity index (χ2n) is 4.80. The number of nitrogens with one attached hydrogen (secondary N) is 1. The number of nitrogens with zero attached hydrogens (tertiary/aromatic N) is 2. The molecular weight excluding hydrogens is 258 g/mol. The van der Waals surface area contributed by atoms with Gasteiger partial charge in [0.1, 0.15) is 5.82 Å². The van der Waals surface area contributed by atoms with Gasteiger partial charge >= 0.3 is 0 Å². The Balaban J connectivity index is 2.12. The van der Waals surface area contributed by atoms with Crippen molar-refractivity contribution < 1.29 is 4.79 Å². The van der Waals surface area contributed by atoms with Crippen molar-refractivity contribution in [1.29, 1.82) is 0 Å². The van der Waals surface area contributed by atoms with Gasteiger partial charge in [0.25, 0.3) is 5.24 Å². The molecule has 5 heteroatoms. The smallest absolute Gasteiger partial charge is 0.283 e. The average molecular weight is 273 g/mol. The lowest BCUT2D eigenvalue weighted by Crippen LogP contribution is -2.14. The Kier molecular flexibility index (Phi) is 2.86. The maximum Gasteiger partial charge on any atom is 0.283 e. The molecule has 0 aliphatic carbocycles. The third-order valence-electron chi connectivity index (χ3n) is 3.27. The number of hydrogen-bond donors (Lipinski definition) is 1. The van der Waals surface area contributed by atoms with Crippen molar-refractivity contribution >= 4 is 22.7 Å². The topological polar surface area (TPSA) is 46.9 Å². The van der Waals surface area contributed by atoms with E-state index < -0.39 is 0 Å². The summed E-state index contributed by atoms with van der Waals surface area (Å²) in [5.74, 6) is 1.70. The van der Waals surface area contributed by atoms with Crippen LogP contribution in [0.15, 0.2) is 18.3 Å². The summed E-state index contributed by atoms with van der Waals surface area (Å²) in [7, 11) is 0. The van der Waals surface area contributed by atoms with Crippen LogP contribution in [0.3, 0.4) is 0 Å². The molecule has 0 saturated carbocycles. The minimum absolute atomic E-state index is 0.0259. The van der Waals surface area contributed by atoms with Gasteiger partial charge in [0, 0.05) is 23.3 Å². The number of rotatable bonds is 1. The minimum atomic E-state index is 0.0259. The zero-order valence-electron chi connectivity index (χ0n) is 11.2. The van der Waals surface area contributed by atoms with Gasteiger partial charge in [0.05, 0.1) is 5.69 Å². The van der Waals surface area contributed by atoms with Crippen LogP contribution in [-0.4, -0.2) is 14.8 Å². The van der Waals surface area contributed by atoms with E-state index >= 15 is 0 Å². The zero-order chi connectivity index (χ0) is 13.6. The van der Waals surface area contributed by atoms with Crippen LogP contribution in [-0.2, 0) is 5.75 Å². The summed E-state index contributed by atoms with van der Waals surface area (Å²) in [6.07, 6.45) is 2.03. The molecule has 1 N–H and O–H groups in total.